The van der Waals surface area contributed by atoms with E-state index in [1.165, 1.54) is 73.3 Å². The lowest BCUT2D eigenvalue weighted by atomic mass is 9.80. The van der Waals surface area contributed by atoms with Gasteiger partial charge in [-0.2, -0.15) is 0 Å². The van der Waals surface area contributed by atoms with Crippen LogP contribution in [0.15, 0.2) is 219 Å². The number of amides is 8. The normalized spacial score (nSPS) is 12.2. The van der Waals surface area contributed by atoms with Crippen LogP contribution in [-0.2, 0) is 54.5 Å². The molecule has 0 unspecified atom stereocenters. The first-order valence-corrected chi connectivity index (χ1v) is 35.1. The van der Waals surface area contributed by atoms with Gasteiger partial charge in [-0.25, -0.2) is 9.59 Å². The van der Waals surface area contributed by atoms with Crippen LogP contribution in [-0.4, -0.2) is 118 Å². The summed E-state index contributed by atoms with van der Waals surface area (Å²) in [6.45, 7) is 20.7. The predicted molar refractivity (Wildman–Crippen MR) is 410 cm³/mol. The van der Waals surface area contributed by atoms with Crippen LogP contribution in [0.2, 0.25) is 0 Å². The van der Waals surface area contributed by atoms with Gasteiger partial charge >= 0.3 is 11.9 Å². The predicted octanol–water partition coefficient (Wildman–Crippen LogP) is 13.0. The Morgan fingerprint density at radius 2 is 0.545 bits per heavy atom. The molecule has 4 N–H and O–H groups in total. The second-order valence-electron chi connectivity index (χ2n) is 26.5. The summed E-state index contributed by atoms with van der Waals surface area (Å²) in [6, 6.07) is 39.3. The van der Waals surface area contributed by atoms with Crippen LogP contribution in [0.3, 0.4) is 0 Å². The van der Waals surface area contributed by atoms with Crippen LogP contribution in [0, 0.1) is 0 Å². The number of esters is 2. The van der Waals surface area contributed by atoms with Crippen molar-refractivity contribution in [1.29, 1.82) is 0 Å². The molecule has 2 aromatic heterocycles. The van der Waals surface area contributed by atoms with Crippen molar-refractivity contribution in [2.75, 3.05) is 39.3 Å². The van der Waals surface area contributed by atoms with E-state index in [1.54, 1.807) is 125 Å². The smallest absolute Gasteiger partial charge is 0.331 e. The summed E-state index contributed by atoms with van der Waals surface area (Å²) >= 11 is 0. The summed E-state index contributed by atoms with van der Waals surface area (Å²) in [5, 5.41) is 12.3. The quantitative estimate of drug-likeness (QED) is 0.0107. The van der Waals surface area contributed by atoms with E-state index in [1.807, 2.05) is 0 Å². The number of aromatic nitrogens is 2. The van der Waals surface area contributed by atoms with Crippen LogP contribution in [0.4, 0.5) is 0 Å². The molecule has 13 rings (SSSR count). The van der Waals surface area contributed by atoms with Crippen molar-refractivity contribution in [3.63, 3.8) is 0 Å². The Hall–Kier alpha value is -14.2. The molecule has 0 aliphatic carbocycles. The van der Waals surface area contributed by atoms with Gasteiger partial charge in [0.1, 0.15) is 70.6 Å². The number of imide groups is 2. The number of hydrogen-bond donors (Lipinski definition) is 4. The van der Waals surface area contributed by atoms with E-state index in [4.69, 9.17) is 28.4 Å². The zero-order chi connectivity index (χ0) is 77.6. The van der Waals surface area contributed by atoms with E-state index in [2.05, 4.69) is 57.6 Å². The molecule has 8 amide bonds. The lowest BCUT2D eigenvalue weighted by Crippen LogP contribution is -2.44. The highest BCUT2D eigenvalue weighted by Gasteiger charge is 2.43. The average molecular weight is 1470 g/mol. The molecule has 552 valence electrons. The van der Waals surface area contributed by atoms with E-state index < -0.39 is 48.7 Å². The zero-order valence-electron chi connectivity index (χ0n) is 60.4. The number of rotatable bonds is 30. The summed E-state index contributed by atoms with van der Waals surface area (Å²) < 4.78 is 40.0. The number of ether oxygens (including phenoxy) is 6. The Balaban J connectivity index is 1.10. The third-order valence-corrected chi connectivity index (χ3v) is 18.4. The van der Waals surface area contributed by atoms with Crippen molar-refractivity contribution in [3.8, 4) is 57.5 Å². The minimum atomic E-state index is -0.978. The highest BCUT2D eigenvalue weighted by molar-refractivity contribution is 6.45. The molecule has 0 radical (unpaired) electrons. The van der Waals surface area contributed by atoms with Crippen molar-refractivity contribution in [2.45, 2.75) is 53.4 Å². The summed E-state index contributed by atoms with van der Waals surface area (Å²) in [6.07, 6.45) is 7.23. The first kappa shape index (κ1) is 74.1. The van der Waals surface area contributed by atoms with Crippen molar-refractivity contribution in [2.24, 2.45) is 0 Å². The molecule has 110 heavy (non-hydrogen) atoms. The second-order valence-corrected chi connectivity index (χ2v) is 26.5. The molecular formula is C86H72N8O16. The number of benzene rings is 9. The average Bonchev–Trinajstić information content (AvgIpc) is 0.672. The Morgan fingerprint density at radius 3 is 0.764 bits per heavy atom. The van der Waals surface area contributed by atoms with Gasteiger partial charge in [-0.15, -0.1) is 0 Å². The Labute approximate surface area is 630 Å². The van der Waals surface area contributed by atoms with Gasteiger partial charge in [0.2, 0.25) is 23.6 Å². The van der Waals surface area contributed by atoms with E-state index >= 15 is 19.2 Å². The summed E-state index contributed by atoms with van der Waals surface area (Å²) in [4.78, 5) is 151. The second kappa shape index (κ2) is 31.9. The van der Waals surface area contributed by atoms with Gasteiger partial charge in [0.15, 0.2) is 0 Å². The van der Waals surface area contributed by atoms with E-state index in [0.717, 1.165) is 32.1 Å². The summed E-state index contributed by atoms with van der Waals surface area (Å²) in [5.41, 5.74) is 4.01. The van der Waals surface area contributed by atoms with Gasteiger partial charge in [0.05, 0.1) is 22.3 Å². The molecule has 0 spiro atoms. The standard InChI is InChI=1S/C86H72N8O16/c1-47(2)79(97)89-37-25-51-9-17-55(18-10-51)105-65-41-61-71-62(84(102)93(83(61)101)45-69(95)109-59-29-33-87-34-30-59)43-67(107-57-21-13-53(14-22-57)27-39-91-81(99)49(5)6)75-76-68(108-58-23-15-54(16-24-58)28-40-92-82(100)50(7)8)44-64-72-63(85(103)94(86(64)104)46-70(96)110-60-31-35-88-36-32-60)42-66(74(78(72)76)73(65)77(71)75)106-56-19-11-52(12-20-56)26-38-90-80(98)48(3)4/h9-24,29-36,41-44H,1,3,5,7,25-28,37-40,45-46H2,2,4,6,8H3,(H,89,97)(H,90,98)(H,91,99)(H,92,100). The summed E-state index contributed by atoms with van der Waals surface area (Å²) in [5.74, 6) is -6.14. The number of carbonyl (C=O) groups excluding carboxylic acids is 10. The molecule has 0 atom stereocenters. The van der Waals surface area contributed by atoms with Crippen molar-refractivity contribution >= 4 is 102 Å². The molecule has 9 aromatic carbocycles. The van der Waals surface area contributed by atoms with Crippen LogP contribution in [0.25, 0.3) is 43.1 Å². The van der Waals surface area contributed by atoms with Crippen molar-refractivity contribution in [1.82, 2.24) is 41.0 Å². The fourth-order valence-corrected chi connectivity index (χ4v) is 12.9. The fraction of sp³-hybridized carbons (Fsp3) is 0.163. The molecule has 4 heterocycles. The third kappa shape index (κ3) is 15.9. The molecular weight excluding hydrogens is 1400 g/mol. The molecule has 24 heteroatoms. The van der Waals surface area contributed by atoms with E-state index in [9.17, 15) is 28.8 Å². The molecule has 11 aromatic rings. The van der Waals surface area contributed by atoms with Crippen LogP contribution >= 0.6 is 0 Å². The van der Waals surface area contributed by atoms with E-state index in [-0.39, 0.29) is 173 Å². The minimum Gasteiger partial charge on any atom is -0.457 e. The van der Waals surface area contributed by atoms with Gasteiger partial charge in [-0.05, 0) is 173 Å². The largest absolute Gasteiger partial charge is 0.457 e. The molecule has 2 aliphatic rings. The molecule has 0 saturated carbocycles. The topological polar surface area (TPSA) is 306 Å². The van der Waals surface area contributed by atoms with Crippen LogP contribution < -0.4 is 49.7 Å². The molecule has 0 fully saturated rings. The number of fused-ring (bicyclic) bond motifs is 2. The first-order valence-electron chi connectivity index (χ1n) is 35.1. The highest BCUT2D eigenvalue weighted by Crippen LogP contribution is 2.58. The van der Waals surface area contributed by atoms with E-state index in [0.29, 0.717) is 48.0 Å². The Morgan fingerprint density at radius 1 is 0.318 bits per heavy atom. The molecule has 24 nitrogen and oxygen atoms in total. The number of nitrogens with zero attached hydrogens (tertiary/aromatic N) is 4. The molecule has 2 aliphatic heterocycles. The number of pyridine rings is 2. The van der Waals surface area contributed by atoms with Gasteiger partial charge in [-0.1, -0.05) is 74.8 Å². The fourth-order valence-electron chi connectivity index (χ4n) is 12.9. The van der Waals surface area contributed by atoms with Crippen molar-refractivity contribution in [3.05, 3.63) is 263 Å². The van der Waals surface area contributed by atoms with Crippen molar-refractivity contribution < 1.29 is 76.4 Å². The number of nitrogens with one attached hydrogen (secondary N) is 4. The lowest BCUT2D eigenvalue weighted by Gasteiger charge is -2.32. The SMILES string of the molecule is C=C(C)C(=O)NCCc1ccc(Oc2cc3c4c(cc(Oc5ccc(CCNC(=O)C(=C)C)cc5)c5c6c(Oc7ccc(CCNC(=O)C(=C)C)cc7)cc7c8c(cc(Oc9ccc(CCNC(=O)C(=C)C)cc9)c(c2c45)c86)C(=O)N(CC(=O)Oc2ccncc2)C7=O)C(=O)N(CC(=O)Oc2ccncc2)C3=O)cc1. The van der Waals surface area contributed by atoms with Gasteiger partial charge in [0.25, 0.3) is 23.6 Å². The lowest BCUT2D eigenvalue weighted by molar-refractivity contribution is -0.135. The first-order chi connectivity index (χ1) is 53.0. The summed E-state index contributed by atoms with van der Waals surface area (Å²) in [7, 11) is 0. The molecule has 0 saturated heterocycles. The van der Waals surface area contributed by atoms with Crippen LogP contribution in [0.5, 0.6) is 57.5 Å². The minimum absolute atomic E-state index is 0.0518. The zero-order valence-corrected chi connectivity index (χ0v) is 60.4. The maximum atomic E-state index is 15.8. The maximum Gasteiger partial charge on any atom is 0.331 e. The maximum absolute atomic E-state index is 15.8. The third-order valence-electron chi connectivity index (χ3n) is 18.4. The molecule has 0 bridgehead atoms. The van der Waals surface area contributed by atoms with Gasteiger partial charge < -0.3 is 49.7 Å². The van der Waals surface area contributed by atoms with Crippen LogP contribution in [0.1, 0.15) is 91.4 Å². The van der Waals surface area contributed by atoms with Gasteiger partial charge in [-0.3, -0.25) is 58.1 Å². The van der Waals surface area contributed by atoms with Gasteiger partial charge in [0, 0.05) is 116 Å². The number of carbonyl (C=O) groups is 10. The monoisotopic (exact) mass is 1470 g/mol. The Bertz CT molecular complexity index is 5020. The Kier molecular flexibility index (Phi) is 21.5. The highest BCUT2D eigenvalue weighted by atomic mass is 16.5. The number of hydrogen-bond acceptors (Lipinski definition) is 18.